The average molecular weight is 325 g/mol. The molecule has 0 aliphatic rings. The molecule has 2 aromatic rings. The average Bonchev–Trinajstić information content (AvgIpc) is 2.44. The Morgan fingerprint density at radius 1 is 1.00 bits per heavy atom. The number of nitrogens with zero attached hydrogens (tertiary/aromatic N) is 2. The smallest absolute Gasteiger partial charge is 0.139 e. The lowest BCUT2D eigenvalue weighted by Gasteiger charge is -2.14. The number of anilines is 3. The van der Waals surface area contributed by atoms with Gasteiger partial charge in [0.15, 0.2) is 0 Å². The van der Waals surface area contributed by atoms with E-state index in [2.05, 4.69) is 34.4 Å². The minimum absolute atomic E-state index is 0.585. The van der Waals surface area contributed by atoms with Gasteiger partial charge in [0.05, 0.1) is 0 Å². The first kappa shape index (κ1) is 15.9. The van der Waals surface area contributed by atoms with Gasteiger partial charge in [0.25, 0.3) is 0 Å². The maximum atomic E-state index is 6.02. The van der Waals surface area contributed by atoms with Gasteiger partial charge < -0.3 is 10.6 Å². The fourth-order valence-corrected chi connectivity index (χ4v) is 2.54. The van der Waals surface area contributed by atoms with Gasteiger partial charge >= 0.3 is 0 Å². The molecule has 0 amide bonds. The molecule has 0 fully saturated rings. The molecule has 0 saturated carbocycles. The summed E-state index contributed by atoms with van der Waals surface area (Å²) in [5.41, 5.74) is 1.85. The van der Waals surface area contributed by atoms with Gasteiger partial charge in [-0.1, -0.05) is 37.0 Å². The molecule has 112 valence electrons. The lowest BCUT2D eigenvalue weighted by molar-refractivity contribution is 0.949. The van der Waals surface area contributed by atoms with E-state index in [0.717, 1.165) is 42.3 Å². The Labute approximate surface area is 134 Å². The molecule has 0 unspecified atom stereocenters. The minimum atomic E-state index is 0.585. The fourth-order valence-electron chi connectivity index (χ4n) is 2.01. The van der Waals surface area contributed by atoms with E-state index in [9.17, 15) is 0 Å². The van der Waals surface area contributed by atoms with E-state index in [-0.39, 0.29) is 0 Å². The third kappa shape index (κ3) is 4.22. The number of aromatic nitrogens is 2. The second-order valence-electron chi connectivity index (χ2n) is 4.61. The van der Waals surface area contributed by atoms with Crippen molar-refractivity contribution in [1.29, 1.82) is 0 Å². The number of rotatable bonds is 6. The van der Waals surface area contributed by atoms with Gasteiger partial charge in [0, 0.05) is 27.8 Å². The predicted molar refractivity (Wildman–Crippen MR) is 89.9 cm³/mol. The summed E-state index contributed by atoms with van der Waals surface area (Å²) in [5.74, 6) is 1.63. The van der Waals surface area contributed by atoms with Crippen molar-refractivity contribution in [3.8, 4) is 0 Å². The molecule has 4 nitrogen and oxygen atoms in total. The van der Waals surface area contributed by atoms with Crippen molar-refractivity contribution in [2.75, 3.05) is 17.2 Å². The zero-order valence-corrected chi connectivity index (χ0v) is 13.6. The zero-order chi connectivity index (χ0) is 15.2. The van der Waals surface area contributed by atoms with Gasteiger partial charge in [-0.15, -0.1) is 0 Å². The Hall–Kier alpha value is -1.52. The molecular weight excluding hydrogens is 307 g/mol. The molecule has 0 aliphatic heterocycles. The van der Waals surface area contributed by atoms with Gasteiger partial charge in [-0.3, -0.25) is 0 Å². The SMILES string of the molecule is CCCNc1ncnc(Nc2cc(Cl)cc(Cl)c2)c1CC. The van der Waals surface area contributed by atoms with Crippen molar-refractivity contribution < 1.29 is 0 Å². The third-order valence-corrected chi connectivity index (χ3v) is 3.40. The molecule has 21 heavy (non-hydrogen) atoms. The summed E-state index contributed by atoms with van der Waals surface area (Å²) in [7, 11) is 0. The van der Waals surface area contributed by atoms with Crippen LogP contribution in [0.2, 0.25) is 10.0 Å². The van der Waals surface area contributed by atoms with Gasteiger partial charge in [0.2, 0.25) is 0 Å². The van der Waals surface area contributed by atoms with Crippen molar-refractivity contribution in [3.05, 3.63) is 40.1 Å². The highest BCUT2D eigenvalue weighted by molar-refractivity contribution is 6.35. The summed E-state index contributed by atoms with van der Waals surface area (Å²) < 4.78 is 0. The molecule has 1 aromatic heterocycles. The van der Waals surface area contributed by atoms with Crippen molar-refractivity contribution in [3.63, 3.8) is 0 Å². The second-order valence-corrected chi connectivity index (χ2v) is 5.49. The molecule has 2 N–H and O–H groups in total. The summed E-state index contributed by atoms with van der Waals surface area (Å²) in [6, 6.07) is 5.32. The highest BCUT2D eigenvalue weighted by atomic mass is 35.5. The molecule has 0 aliphatic carbocycles. The van der Waals surface area contributed by atoms with E-state index in [1.165, 1.54) is 0 Å². The van der Waals surface area contributed by atoms with Crippen LogP contribution in [0.1, 0.15) is 25.8 Å². The fraction of sp³-hybridized carbons (Fsp3) is 0.333. The van der Waals surface area contributed by atoms with Gasteiger partial charge in [-0.05, 0) is 31.0 Å². The molecule has 2 rings (SSSR count). The Kier molecular flexibility index (Phi) is 5.65. The van der Waals surface area contributed by atoms with Gasteiger partial charge in [-0.25, -0.2) is 9.97 Å². The minimum Gasteiger partial charge on any atom is -0.370 e. The topological polar surface area (TPSA) is 49.8 Å². The van der Waals surface area contributed by atoms with E-state index >= 15 is 0 Å². The van der Waals surface area contributed by atoms with Crippen LogP contribution in [0.3, 0.4) is 0 Å². The first-order chi connectivity index (χ1) is 10.1. The quantitative estimate of drug-likeness (QED) is 0.792. The van der Waals surface area contributed by atoms with Crippen LogP contribution >= 0.6 is 23.2 Å². The highest BCUT2D eigenvalue weighted by Crippen LogP contribution is 2.28. The molecule has 0 saturated heterocycles. The Balaban J connectivity index is 2.30. The van der Waals surface area contributed by atoms with E-state index in [1.54, 1.807) is 12.4 Å². The molecule has 0 atom stereocenters. The number of nitrogens with one attached hydrogen (secondary N) is 2. The summed E-state index contributed by atoms with van der Waals surface area (Å²) in [5, 5.41) is 7.75. The van der Waals surface area contributed by atoms with Crippen LogP contribution in [0.15, 0.2) is 24.5 Å². The summed E-state index contributed by atoms with van der Waals surface area (Å²) in [4.78, 5) is 8.63. The number of hydrogen-bond donors (Lipinski definition) is 2. The largest absolute Gasteiger partial charge is 0.370 e. The van der Waals surface area contributed by atoms with Crippen LogP contribution in [0, 0.1) is 0 Å². The highest BCUT2D eigenvalue weighted by Gasteiger charge is 2.10. The monoisotopic (exact) mass is 324 g/mol. The number of benzene rings is 1. The van der Waals surface area contributed by atoms with Crippen LogP contribution in [-0.2, 0) is 6.42 Å². The van der Waals surface area contributed by atoms with E-state index in [4.69, 9.17) is 23.2 Å². The molecule has 0 bridgehead atoms. The van der Waals surface area contributed by atoms with Crippen LogP contribution < -0.4 is 10.6 Å². The van der Waals surface area contributed by atoms with Crippen LogP contribution in [0.4, 0.5) is 17.3 Å². The van der Waals surface area contributed by atoms with Crippen molar-refractivity contribution in [2.45, 2.75) is 26.7 Å². The van der Waals surface area contributed by atoms with Crippen LogP contribution in [-0.4, -0.2) is 16.5 Å². The lowest BCUT2D eigenvalue weighted by Crippen LogP contribution is -2.08. The first-order valence-corrected chi connectivity index (χ1v) is 7.70. The maximum absolute atomic E-state index is 6.02. The molecular formula is C15H18Cl2N4. The van der Waals surface area contributed by atoms with E-state index in [1.807, 2.05) is 12.1 Å². The maximum Gasteiger partial charge on any atom is 0.139 e. The van der Waals surface area contributed by atoms with Crippen molar-refractivity contribution in [2.24, 2.45) is 0 Å². The van der Waals surface area contributed by atoms with Gasteiger partial charge in [0.1, 0.15) is 18.0 Å². The molecule has 1 aromatic carbocycles. The summed E-state index contributed by atoms with van der Waals surface area (Å²) in [6.45, 7) is 5.07. The molecule has 6 heteroatoms. The molecule has 0 radical (unpaired) electrons. The summed E-state index contributed by atoms with van der Waals surface area (Å²) in [6.07, 6.45) is 3.41. The van der Waals surface area contributed by atoms with Crippen LogP contribution in [0.5, 0.6) is 0 Å². The molecule has 1 heterocycles. The van der Waals surface area contributed by atoms with E-state index < -0.39 is 0 Å². The van der Waals surface area contributed by atoms with Crippen LogP contribution in [0.25, 0.3) is 0 Å². The Morgan fingerprint density at radius 3 is 2.29 bits per heavy atom. The number of halogens is 2. The third-order valence-electron chi connectivity index (χ3n) is 2.97. The van der Waals surface area contributed by atoms with Crippen molar-refractivity contribution >= 4 is 40.5 Å². The predicted octanol–water partition coefficient (Wildman–Crippen LogP) is 4.91. The Morgan fingerprint density at radius 2 is 1.67 bits per heavy atom. The zero-order valence-electron chi connectivity index (χ0n) is 12.1. The van der Waals surface area contributed by atoms with Gasteiger partial charge in [-0.2, -0.15) is 0 Å². The standard InChI is InChI=1S/C15H18Cl2N4/c1-3-5-18-14-13(4-2)15(20-9-19-14)21-12-7-10(16)6-11(17)8-12/h6-9H,3-5H2,1-2H3,(H2,18,19,20,21). The second kappa shape index (κ2) is 7.48. The summed E-state index contributed by atoms with van der Waals surface area (Å²) >= 11 is 12.0. The lowest BCUT2D eigenvalue weighted by atomic mass is 10.2. The van der Waals surface area contributed by atoms with E-state index in [0.29, 0.717) is 10.0 Å². The number of hydrogen-bond acceptors (Lipinski definition) is 4. The normalized spacial score (nSPS) is 10.5. The molecule has 0 spiro atoms. The first-order valence-electron chi connectivity index (χ1n) is 6.94. The van der Waals surface area contributed by atoms with Crippen molar-refractivity contribution in [1.82, 2.24) is 9.97 Å². The Bertz CT molecular complexity index is 596.